The van der Waals surface area contributed by atoms with E-state index in [2.05, 4.69) is 15.3 Å². The summed E-state index contributed by atoms with van der Waals surface area (Å²) in [4.78, 5) is 7.22. The number of halogens is 2. The van der Waals surface area contributed by atoms with Crippen molar-refractivity contribution < 1.29 is 8.78 Å². The van der Waals surface area contributed by atoms with Crippen LogP contribution < -0.4 is 5.32 Å². The summed E-state index contributed by atoms with van der Waals surface area (Å²) in [7, 11) is 1.89. The van der Waals surface area contributed by atoms with Gasteiger partial charge in [-0.1, -0.05) is 0 Å². The monoisotopic (exact) mass is 265 g/mol. The van der Waals surface area contributed by atoms with Crippen LogP contribution in [0.5, 0.6) is 0 Å². The van der Waals surface area contributed by atoms with Gasteiger partial charge in [0.1, 0.15) is 17.5 Å². The summed E-state index contributed by atoms with van der Waals surface area (Å²) in [5.74, 6) is -0.0716. The predicted octanol–water partition coefficient (Wildman–Crippen LogP) is 2.82. The van der Waals surface area contributed by atoms with Crippen LogP contribution in [0.3, 0.4) is 0 Å². The lowest BCUT2D eigenvalue weighted by Crippen LogP contribution is -2.08. The molecular weight excluding hydrogens is 248 g/mol. The van der Waals surface area contributed by atoms with E-state index in [4.69, 9.17) is 0 Å². The lowest BCUT2D eigenvalue weighted by molar-refractivity contribution is 0.595. The molecule has 0 unspecified atom stereocenters. The number of nitrogens with zero attached hydrogens (tertiary/aromatic N) is 1. The van der Waals surface area contributed by atoms with Gasteiger partial charge < -0.3 is 10.3 Å². The van der Waals surface area contributed by atoms with Crippen molar-refractivity contribution in [2.24, 2.45) is 0 Å². The summed E-state index contributed by atoms with van der Waals surface area (Å²) in [6, 6.07) is 2.40. The second kappa shape index (κ2) is 5.93. The number of imidazole rings is 1. The van der Waals surface area contributed by atoms with Gasteiger partial charge in [-0.3, -0.25) is 0 Å². The van der Waals surface area contributed by atoms with Crippen LogP contribution >= 0.6 is 0 Å². The second-order valence-corrected chi connectivity index (χ2v) is 4.53. The van der Waals surface area contributed by atoms with Gasteiger partial charge in [-0.25, -0.2) is 13.8 Å². The Kier molecular flexibility index (Phi) is 4.27. The number of aryl methyl sites for hydroxylation is 2. The van der Waals surface area contributed by atoms with E-state index in [-0.39, 0.29) is 5.56 Å². The van der Waals surface area contributed by atoms with Gasteiger partial charge in [0.2, 0.25) is 0 Å². The van der Waals surface area contributed by atoms with Crippen LogP contribution in [0.15, 0.2) is 18.3 Å². The quantitative estimate of drug-likeness (QED) is 0.816. The van der Waals surface area contributed by atoms with Gasteiger partial charge in [-0.2, -0.15) is 0 Å². The first-order chi connectivity index (χ1) is 9.11. The molecular formula is C14H17F2N3. The van der Waals surface area contributed by atoms with Crippen molar-refractivity contribution in [1.82, 2.24) is 15.3 Å². The van der Waals surface area contributed by atoms with Crippen molar-refractivity contribution in [1.29, 1.82) is 0 Å². The Morgan fingerprint density at radius 3 is 2.79 bits per heavy atom. The van der Waals surface area contributed by atoms with E-state index in [1.54, 1.807) is 13.1 Å². The molecule has 0 aliphatic carbocycles. The standard InChI is InChI=1S/C14H17F2N3/c1-9-6-12(16)10(7-11(9)15)13-8-18-14(19-13)4-3-5-17-2/h6-8,17H,3-5H2,1-2H3,(H,18,19). The molecule has 0 spiro atoms. The van der Waals surface area contributed by atoms with Gasteiger partial charge in [-0.05, 0) is 44.6 Å². The number of H-pyrrole nitrogens is 1. The minimum Gasteiger partial charge on any atom is -0.342 e. The highest BCUT2D eigenvalue weighted by molar-refractivity contribution is 5.60. The smallest absolute Gasteiger partial charge is 0.133 e. The molecule has 0 fully saturated rings. The van der Waals surface area contributed by atoms with E-state index in [0.29, 0.717) is 11.3 Å². The Bertz CT molecular complexity index is 564. The maximum Gasteiger partial charge on any atom is 0.133 e. The van der Waals surface area contributed by atoms with E-state index in [1.807, 2.05) is 7.05 Å². The third-order valence-corrected chi connectivity index (χ3v) is 3.01. The molecule has 0 aliphatic heterocycles. The molecule has 102 valence electrons. The van der Waals surface area contributed by atoms with Crippen molar-refractivity contribution in [2.75, 3.05) is 13.6 Å². The number of aromatic nitrogens is 2. The number of aromatic amines is 1. The van der Waals surface area contributed by atoms with E-state index >= 15 is 0 Å². The summed E-state index contributed by atoms with van der Waals surface area (Å²) in [5.41, 5.74) is 1.03. The average molecular weight is 265 g/mol. The Labute approximate surface area is 111 Å². The first kappa shape index (κ1) is 13.7. The summed E-state index contributed by atoms with van der Waals surface area (Å²) in [5, 5.41) is 3.05. The highest BCUT2D eigenvalue weighted by Crippen LogP contribution is 2.24. The number of hydrogen-bond acceptors (Lipinski definition) is 2. The molecule has 3 nitrogen and oxygen atoms in total. The Morgan fingerprint density at radius 2 is 2.05 bits per heavy atom. The van der Waals surface area contributed by atoms with Gasteiger partial charge in [0, 0.05) is 12.0 Å². The molecule has 1 aromatic heterocycles. The molecule has 0 radical (unpaired) electrons. The van der Waals surface area contributed by atoms with Gasteiger partial charge in [-0.15, -0.1) is 0 Å². The molecule has 0 atom stereocenters. The van der Waals surface area contributed by atoms with Crippen LogP contribution in [-0.2, 0) is 6.42 Å². The number of rotatable bonds is 5. The molecule has 0 saturated carbocycles. The van der Waals surface area contributed by atoms with Gasteiger partial charge in [0.05, 0.1) is 11.9 Å². The molecule has 1 aromatic carbocycles. The van der Waals surface area contributed by atoms with E-state index in [1.165, 1.54) is 12.1 Å². The minimum atomic E-state index is -0.440. The number of benzene rings is 1. The third-order valence-electron chi connectivity index (χ3n) is 3.01. The van der Waals surface area contributed by atoms with Gasteiger partial charge in [0.15, 0.2) is 0 Å². The minimum absolute atomic E-state index is 0.218. The van der Waals surface area contributed by atoms with Crippen LogP contribution in [0.1, 0.15) is 17.8 Å². The Hall–Kier alpha value is -1.75. The topological polar surface area (TPSA) is 40.7 Å². The molecule has 0 saturated heterocycles. The highest BCUT2D eigenvalue weighted by Gasteiger charge is 2.11. The lowest BCUT2D eigenvalue weighted by atomic mass is 10.1. The molecule has 0 amide bonds. The van der Waals surface area contributed by atoms with E-state index in [9.17, 15) is 8.78 Å². The summed E-state index contributed by atoms with van der Waals surface area (Å²) in [6.45, 7) is 2.43. The Morgan fingerprint density at radius 1 is 1.26 bits per heavy atom. The molecule has 5 heteroatoms. The van der Waals surface area contributed by atoms with Crippen LogP contribution in [0, 0.1) is 18.6 Å². The predicted molar refractivity (Wildman–Crippen MR) is 70.9 cm³/mol. The number of hydrogen-bond donors (Lipinski definition) is 2. The molecule has 2 aromatic rings. The average Bonchev–Trinajstić information content (AvgIpc) is 2.83. The van der Waals surface area contributed by atoms with E-state index < -0.39 is 11.6 Å². The normalized spacial score (nSPS) is 10.9. The van der Waals surface area contributed by atoms with Crippen LogP contribution in [-0.4, -0.2) is 23.6 Å². The van der Waals surface area contributed by atoms with Crippen molar-refractivity contribution in [3.05, 3.63) is 41.4 Å². The maximum absolute atomic E-state index is 13.8. The van der Waals surface area contributed by atoms with Crippen LogP contribution in [0.4, 0.5) is 8.78 Å². The zero-order valence-electron chi connectivity index (χ0n) is 11.1. The van der Waals surface area contributed by atoms with Crippen molar-refractivity contribution in [3.8, 4) is 11.3 Å². The first-order valence-electron chi connectivity index (χ1n) is 6.26. The maximum atomic E-state index is 13.8. The summed E-state index contributed by atoms with van der Waals surface area (Å²) < 4.78 is 27.3. The summed E-state index contributed by atoms with van der Waals surface area (Å²) in [6.07, 6.45) is 3.26. The van der Waals surface area contributed by atoms with Crippen molar-refractivity contribution >= 4 is 0 Å². The molecule has 1 heterocycles. The van der Waals surface area contributed by atoms with Crippen LogP contribution in [0.2, 0.25) is 0 Å². The fraction of sp³-hybridized carbons (Fsp3) is 0.357. The van der Waals surface area contributed by atoms with Gasteiger partial charge >= 0.3 is 0 Å². The largest absolute Gasteiger partial charge is 0.342 e. The van der Waals surface area contributed by atoms with Crippen molar-refractivity contribution in [3.63, 3.8) is 0 Å². The summed E-state index contributed by atoms with van der Waals surface area (Å²) >= 11 is 0. The van der Waals surface area contributed by atoms with Gasteiger partial charge in [0.25, 0.3) is 0 Å². The zero-order valence-corrected chi connectivity index (χ0v) is 11.1. The Balaban J connectivity index is 2.20. The van der Waals surface area contributed by atoms with Crippen LogP contribution in [0.25, 0.3) is 11.3 Å². The number of nitrogens with one attached hydrogen (secondary N) is 2. The molecule has 2 rings (SSSR count). The third kappa shape index (κ3) is 3.17. The SMILES string of the molecule is CNCCCc1ncc(-c2cc(F)c(C)cc2F)[nH]1. The fourth-order valence-electron chi connectivity index (χ4n) is 1.91. The zero-order chi connectivity index (χ0) is 13.8. The van der Waals surface area contributed by atoms with Crippen molar-refractivity contribution in [2.45, 2.75) is 19.8 Å². The van der Waals surface area contributed by atoms with E-state index in [0.717, 1.165) is 25.2 Å². The highest BCUT2D eigenvalue weighted by atomic mass is 19.1. The second-order valence-electron chi connectivity index (χ2n) is 4.53. The molecule has 19 heavy (non-hydrogen) atoms. The molecule has 0 aliphatic rings. The molecule has 2 N–H and O–H groups in total. The molecule has 0 bridgehead atoms. The lowest BCUT2D eigenvalue weighted by Gasteiger charge is -2.03. The first-order valence-corrected chi connectivity index (χ1v) is 6.26. The fourth-order valence-corrected chi connectivity index (χ4v) is 1.91.